The van der Waals surface area contributed by atoms with E-state index in [1.165, 1.54) is 0 Å². The lowest BCUT2D eigenvalue weighted by Crippen LogP contribution is -2.42. The van der Waals surface area contributed by atoms with Gasteiger partial charge in [-0.15, -0.1) is 0 Å². The van der Waals surface area contributed by atoms with Crippen molar-refractivity contribution in [1.29, 1.82) is 0 Å². The van der Waals surface area contributed by atoms with Gasteiger partial charge >= 0.3 is 0 Å². The Hall–Kier alpha value is -0.163. The highest BCUT2D eigenvalue weighted by atomic mass is 28.4. The van der Waals surface area contributed by atoms with E-state index < -0.39 is 14.4 Å². The second kappa shape index (κ2) is 5.45. The van der Waals surface area contributed by atoms with Gasteiger partial charge in [0, 0.05) is 13.0 Å². The summed E-state index contributed by atoms with van der Waals surface area (Å²) < 4.78 is 11.6. The second-order valence-electron chi connectivity index (χ2n) is 6.68. The highest BCUT2D eigenvalue weighted by Gasteiger charge is 2.50. The highest BCUT2D eigenvalue weighted by Crippen LogP contribution is 2.39. The maximum absolute atomic E-state index is 9.97. The molecule has 1 saturated heterocycles. The standard InChI is InChI=1S/C14H28O3Si/c1-7-8-12(15)14(11-16-14)9-10-17-18(5,6)13(2,3)4/h7-8,12,15H,9-11H2,1-6H3/b8-7+/t12-,14-/m1/s1. The average Bonchev–Trinajstić information content (AvgIpc) is 2.97. The zero-order chi connectivity index (χ0) is 14.0. The Morgan fingerprint density at radius 3 is 2.39 bits per heavy atom. The Balaban J connectivity index is 2.43. The predicted octanol–water partition coefficient (Wildman–Crippen LogP) is 3.10. The van der Waals surface area contributed by atoms with Crippen LogP contribution in [-0.4, -0.2) is 38.3 Å². The van der Waals surface area contributed by atoms with Gasteiger partial charge in [-0.05, 0) is 25.1 Å². The van der Waals surface area contributed by atoms with Gasteiger partial charge in [0.2, 0.25) is 0 Å². The van der Waals surface area contributed by atoms with Gasteiger partial charge in [0.25, 0.3) is 0 Å². The Morgan fingerprint density at radius 2 is 2.00 bits per heavy atom. The number of ether oxygens (including phenoxy) is 1. The Labute approximate surface area is 112 Å². The quantitative estimate of drug-likeness (QED) is 0.459. The molecule has 0 aromatic rings. The van der Waals surface area contributed by atoms with Crippen molar-refractivity contribution in [3.05, 3.63) is 12.2 Å². The lowest BCUT2D eigenvalue weighted by molar-refractivity contribution is 0.0916. The van der Waals surface area contributed by atoms with Crippen molar-refractivity contribution in [2.45, 2.75) is 64.0 Å². The zero-order valence-corrected chi connectivity index (χ0v) is 13.6. The number of allylic oxidation sites excluding steroid dienone is 1. The molecule has 1 heterocycles. The van der Waals surface area contributed by atoms with Crippen LogP contribution in [0.3, 0.4) is 0 Å². The molecule has 3 nitrogen and oxygen atoms in total. The van der Waals surface area contributed by atoms with E-state index in [-0.39, 0.29) is 10.6 Å². The Bertz CT molecular complexity index is 301. The van der Waals surface area contributed by atoms with E-state index in [1.807, 2.05) is 13.0 Å². The third-order valence-corrected chi connectivity index (χ3v) is 8.76. The molecule has 0 aliphatic carbocycles. The topological polar surface area (TPSA) is 42.0 Å². The number of rotatable bonds is 6. The maximum Gasteiger partial charge on any atom is 0.191 e. The monoisotopic (exact) mass is 272 g/mol. The molecule has 1 fully saturated rings. The van der Waals surface area contributed by atoms with Gasteiger partial charge in [0.1, 0.15) is 11.7 Å². The molecule has 1 aliphatic heterocycles. The van der Waals surface area contributed by atoms with Gasteiger partial charge < -0.3 is 14.3 Å². The summed E-state index contributed by atoms with van der Waals surface area (Å²) in [6, 6.07) is 0. The number of aliphatic hydroxyl groups is 1. The fourth-order valence-corrected chi connectivity index (χ4v) is 2.65. The molecule has 4 heteroatoms. The molecule has 18 heavy (non-hydrogen) atoms. The van der Waals surface area contributed by atoms with Crippen LogP contribution in [0, 0.1) is 0 Å². The van der Waals surface area contributed by atoms with Crippen molar-refractivity contribution >= 4 is 8.32 Å². The van der Waals surface area contributed by atoms with Gasteiger partial charge in [0.05, 0.1) is 6.61 Å². The predicted molar refractivity (Wildman–Crippen MR) is 77.3 cm³/mol. The van der Waals surface area contributed by atoms with Gasteiger partial charge in [-0.2, -0.15) is 0 Å². The molecule has 0 amide bonds. The molecule has 0 spiro atoms. The molecule has 1 N–H and O–H groups in total. The smallest absolute Gasteiger partial charge is 0.191 e. The van der Waals surface area contributed by atoms with Crippen LogP contribution >= 0.6 is 0 Å². The van der Waals surface area contributed by atoms with Crippen LogP contribution in [0.4, 0.5) is 0 Å². The SMILES string of the molecule is C/C=C/[C@@H](O)[C@@]1(CCO[Si](C)(C)C(C)(C)C)CO1. The molecule has 0 unspecified atom stereocenters. The maximum atomic E-state index is 9.97. The minimum Gasteiger partial charge on any atom is -0.417 e. The first-order chi connectivity index (χ1) is 8.15. The summed E-state index contributed by atoms with van der Waals surface area (Å²) in [4.78, 5) is 0. The van der Waals surface area contributed by atoms with Gasteiger partial charge in [-0.25, -0.2) is 0 Å². The van der Waals surface area contributed by atoms with Gasteiger partial charge in [-0.1, -0.05) is 32.9 Å². The van der Waals surface area contributed by atoms with Crippen LogP contribution in [0.5, 0.6) is 0 Å². The van der Waals surface area contributed by atoms with Crippen LogP contribution in [-0.2, 0) is 9.16 Å². The highest BCUT2D eigenvalue weighted by molar-refractivity contribution is 6.74. The van der Waals surface area contributed by atoms with Crippen LogP contribution in [0.25, 0.3) is 0 Å². The number of hydrogen-bond acceptors (Lipinski definition) is 3. The van der Waals surface area contributed by atoms with E-state index in [2.05, 4.69) is 33.9 Å². The van der Waals surface area contributed by atoms with Gasteiger partial charge in [0.15, 0.2) is 8.32 Å². The third-order valence-electron chi connectivity index (χ3n) is 4.22. The molecule has 2 atom stereocenters. The lowest BCUT2D eigenvalue weighted by atomic mass is 10.00. The van der Waals surface area contributed by atoms with Crippen LogP contribution in [0.2, 0.25) is 18.1 Å². The summed E-state index contributed by atoms with van der Waals surface area (Å²) in [5.74, 6) is 0. The van der Waals surface area contributed by atoms with Crippen molar-refractivity contribution in [2.24, 2.45) is 0 Å². The number of epoxide rings is 1. The zero-order valence-electron chi connectivity index (χ0n) is 12.6. The Kier molecular flexibility index (Phi) is 4.81. The molecule has 0 bridgehead atoms. The van der Waals surface area contributed by atoms with E-state index in [1.54, 1.807) is 6.08 Å². The molecule has 0 saturated carbocycles. The van der Waals surface area contributed by atoms with E-state index >= 15 is 0 Å². The summed E-state index contributed by atoms with van der Waals surface area (Å²) in [7, 11) is -1.69. The van der Waals surface area contributed by atoms with Crippen molar-refractivity contribution in [2.75, 3.05) is 13.2 Å². The molecule has 1 aliphatic rings. The van der Waals surface area contributed by atoms with E-state index in [9.17, 15) is 5.11 Å². The molecular formula is C14H28O3Si. The molecule has 1 rings (SSSR count). The lowest BCUT2D eigenvalue weighted by Gasteiger charge is -2.36. The van der Waals surface area contributed by atoms with E-state index in [4.69, 9.17) is 9.16 Å². The summed E-state index contributed by atoms with van der Waals surface area (Å²) in [6.45, 7) is 14.4. The molecule has 106 valence electrons. The van der Waals surface area contributed by atoms with Gasteiger partial charge in [-0.3, -0.25) is 0 Å². The van der Waals surface area contributed by atoms with Crippen LogP contribution < -0.4 is 0 Å². The number of aliphatic hydroxyl groups excluding tert-OH is 1. The van der Waals surface area contributed by atoms with E-state index in [0.29, 0.717) is 13.2 Å². The summed E-state index contributed by atoms with van der Waals surface area (Å²) in [5.41, 5.74) is -0.380. The fraction of sp³-hybridized carbons (Fsp3) is 0.857. The number of hydrogen-bond donors (Lipinski definition) is 1. The molecular weight excluding hydrogens is 244 g/mol. The minimum absolute atomic E-state index is 0.229. The largest absolute Gasteiger partial charge is 0.417 e. The summed E-state index contributed by atoms with van der Waals surface area (Å²) >= 11 is 0. The normalized spacial score (nSPS) is 26.6. The summed E-state index contributed by atoms with van der Waals surface area (Å²) in [5, 5.41) is 10.2. The second-order valence-corrected chi connectivity index (χ2v) is 11.5. The van der Waals surface area contributed by atoms with Crippen molar-refractivity contribution in [1.82, 2.24) is 0 Å². The molecule has 0 aromatic carbocycles. The van der Waals surface area contributed by atoms with Crippen LogP contribution in [0.15, 0.2) is 12.2 Å². The average molecular weight is 272 g/mol. The Morgan fingerprint density at radius 1 is 1.44 bits per heavy atom. The van der Waals surface area contributed by atoms with Crippen molar-refractivity contribution < 1.29 is 14.3 Å². The molecule has 0 radical (unpaired) electrons. The molecule has 0 aromatic heterocycles. The third kappa shape index (κ3) is 3.67. The summed E-state index contributed by atoms with van der Waals surface area (Å²) in [6.07, 6.45) is 3.91. The van der Waals surface area contributed by atoms with Crippen molar-refractivity contribution in [3.8, 4) is 0 Å². The first-order valence-corrected chi connectivity index (χ1v) is 9.64. The van der Waals surface area contributed by atoms with Crippen molar-refractivity contribution in [3.63, 3.8) is 0 Å². The minimum atomic E-state index is -1.69. The first kappa shape index (κ1) is 15.9. The fourth-order valence-electron chi connectivity index (χ4n) is 1.61. The van der Waals surface area contributed by atoms with Crippen LogP contribution in [0.1, 0.15) is 34.1 Å². The van der Waals surface area contributed by atoms with E-state index in [0.717, 1.165) is 6.42 Å². The first-order valence-electron chi connectivity index (χ1n) is 6.73.